The predicted molar refractivity (Wildman–Crippen MR) is 91.2 cm³/mol. The number of benzene rings is 1. The summed E-state index contributed by atoms with van der Waals surface area (Å²) in [7, 11) is 0. The number of rotatable bonds is 7. The molecule has 0 saturated heterocycles. The zero-order chi connectivity index (χ0) is 17.3. The van der Waals surface area contributed by atoms with E-state index in [4.69, 9.17) is 4.74 Å². The second kappa shape index (κ2) is 9.18. The Kier molecular flexibility index (Phi) is 7.59. The summed E-state index contributed by atoms with van der Waals surface area (Å²) in [6.07, 6.45) is 1.56. The number of carbonyl (C=O) groups excluding carboxylic acids is 2. The summed E-state index contributed by atoms with van der Waals surface area (Å²) in [4.78, 5) is 23.3. The van der Waals surface area contributed by atoms with Crippen LogP contribution in [0.4, 0.5) is 4.79 Å². The van der Waals surface area contributed by atoms with Crippen molar-refractivity contribution in [3.8, 4) is 0 Å². The first-order valence-corrected chi connectivity index (χ1v) is 8.06. The molecule has 1 aromatic rings. The van der Waals surface area contributed by atoms with Gasteiger partial charge < -0.3 is 15.4 Å². The molecule has 0 aromatic heterocycles. The van der Waals surface area contributed by atoms with Crippen LogP contribution in [-0.4, -0.2) is 30.2 Å². The third-order valence-corrected chi connectivity index (χ3v) is 3.14. The summed E-state index contributed by atoms with van der Waals surface area (Å²) in [5.74, 6) is -0.0679. The van der Waals surface area contributed by atoms with E-state index in [1.807, 2.05) is 25.1 Å². The highest BCUT2D eigenvalue weighted by molar-refractivity contribution is 5.77. The second-order valence-corrected chi connectivity index (χ2v) is 6.67. The maximum absolute atomic E-state index is 11.8. The fourth-order valence-electron chi connectivity index (χ4n) is 2.04. The molecule has 23 heavy (non-hydrogen) atoms. The van der Waals surface area contributed by atoms with E-state index in [0.29, 0.717) is 0 Å². The van der Waals surface area contributed by atoms with Gasteiger partial charge in [-0.15, -0.1) is 0 Å². The van der Waals surface area contributed by atoms with Gasteiger partial charge in [-0.1, -0.05) is 30.3 Å². The van der Waals surface area contributed by atoms with Gasteiger partial charge in [-0.25, -0.2) is 4.79 Å². The minimum Gasteiger partial charge on any atom is -0.444 e. The molecule has 0 saturated carbocycles. The number of carbonyl (C=O) groups is 2. The molecule has 0 radical (unpaired) electrons. The van der Waals surface area contributed by atoms with Crippen molar-refractivity contribution in [2.24, 2.45) is 0 Å². The monoisotopic (exact) mass is 320 g/mol. The number of hydrogen-bond donors (Lipinski definition) is 2. The zero-order valence-electron chi connectivity index (χ0n) is 14.5. The van der Waals surface area contributed by atoms with Crippen LogP contribution >= 0.6 is 0 Å². The topological polar surface area (TPSA) is 67.4 Å². The van der Waals surface area contributed by atoms with E-state index in [9.17, 15) is 9.59 Å². The summed E-state index contributed by atoms with van der Waals surface area (Å²) in [6, 6.07) is 10.3. The fraction of sp³-hybridized carbons (Fsp3) is 0.556. The van der Waals surface area contributed by atoms with Crippen molar-refractivity contribution in [3.05, 3.63) is 35.9 Å². The smallest absolute Gasteiger partial charge is 0.407 e. The molecule has 0 spiro atoms. The Balaban J connectivity index is 2.17. The lowest BCUT2D eigenvalue weighted by Crippen LogP contribution is -2.37. The van der Waals surface area contributed by atoms with Gasteiger partial charge >= 0.3 is 6.09 Å². The summed E-state index contributed by atoms with van der Waals surface area (Å²) >= 11 is 0. The van der Waals surface area contributed by atoms with Crippen molar-refractivity contribution in [2.75, 3.05) is 6.54 Å². The van der Waals surface area contributed by atoms with Crippen LogP contribution in [0.25, 0.3) is 0 Å². The van der Waals surface area contributed by atoms with Gasteiger partial charge in [-0.05, 0) is 46.1 Å². The van der Waals surface area contributed by atoms with Gasteiger partial charge in [-0.2, -0.15) is 0 Å². The molecule has 128 valence electrons. The number of nitrogens with one attached hydrogen (secondary N) is 2. The van der Waals surface area contributed by atoms with Gasteiger partial charge in [0.1, 0.15) is 5.60 Å². The van der Waals surface area contributed by atoms with E-state index in [1.54, 1.807) is 20.8 Å². The Morgan fingerprint density at radius 3 is 2.43 bits per heavy atom. The lowest BCUT2D eigenvalue weighted by Gasteiger charge is -2.19. The molecule has 0 heterocycles. The van der Waals surface area contributed by atoms with Gasteiger partial charge in [0.25, 0.3) is 0 Å². The van der Waals surface area contributed by atoms with E-state index >= 15 is 0 Å². The van der Waals surface area contributed by atoms with Crippen molar-refractivity contribution in [1.29, 1.82) is 0 Å². The molecule has 1 unspecified atom stereocenters. The minimum atomic E-state index is -0.529. The molecule has 5 heteroatoms. The van der Waals surface area contributed by atoms with Crippen molar-refractivity contribution >= 4 is 12.0 Å². The van der Waals surface area contributed by atoms with Crippen molar-refractivity contribution in [3.63, 3.8) is 0 Å². The molecule has 1 aromatic carbocycles. The van der Waals surface area contributed by atoms with Crippen LogP contribution in [0.15, 0.2) is 30.3 Å². The van der Waals surface area contributed by atoms with Crippen LogP contribution < -0.4 is 10.6 Å². The van der Waals surface area contributed by atoms with Crippen LogP contribution in [0.5, 0.6) is 0 Å². The molecular weight excluding hydrogens is 292 g/mol. The van der Waals surface area contributed by atoms with Crippen LogP contribution in [-0.2, 0) is 16.0 Å². The summed E-state index contributed by atoms with van der Waals surface area (Å²) in [6.45, 7) is 7.66. The second-order valence-electron chi connectivity index (χ2n) is 6.67. The van der Waals surface area contributed by atoms with E-state index < -0.39 is 11.7 Å². The minimum absolute atomic E-state index is 0.0679. The average molecular weight is 320 g/mol. The van der Waals surface area contributed by atoms with Gasteiger partial charge in [-0.3, -0.25) is 4.79 Å². The maximum atomic E-state index is 11.8. The largest absolute Gasteiger partial charge is 0.444 e. The molecule has 0 aliphatic carbocycles. The highest BCUT2D eigenvalue weighted by atomic mass is 16.6. The number of hydrogen-bond acceptors (Lipinski definition) is 3. The molecule has 0 aliphatic heterocycles. The normalized spacial score (nSPS) is 12.3. The van der Waals surface area contributed by atoms with Gasteiger partial charge in [0.15, 0.2) is 0 Å². The van der Waals surface area contributed by atoms with Crippen molar-refractivity contribution < 1.29 is 14.3 Å². The van der Waals surface area contributed by atoms with E-state index in [1.165, 1.54) is 5.56 Å². The third-order valence-electron chi connectivity index (χ3n) is 3.14. The highest BCUT2D eigenvalue weighted by Gasteiger charge is 2.16. The summed E-state index contributed by atoms with van der Waals surface area (Å²) in [5, 5.41) is 5.52. The Morgan fingerprint density at radius 1 is 1.17 bits per heavy atom. The van der Waals surface area contributed by atoms with Gasteiger partial charge in [0.2, 0.25) is 5.91 Å². The highest BCUT2D eigenvalue weighted by Crippen LogP contribution is 2.06. The zero-order valence-corrected chi connectivity index (χ0v) is 14.5. The maximum Gasteiger partial charge on any atom is 0.407 e. The van der Waals surface area contributed by atoms with E-state index in [0.717, 1.165) is 12.8 Å². The van der Waals surface area contributed by atoms with Crippen LogP contribution in [0, 0.1) is 0 Å². The third kappa shape index (κ3) is 9.55. The average Bonchev–Trinajstić information content (AvgIpc) is 2.44. The van der Waals surface area contributed by atoms with Crippen molar-refractivity contribution in [2.45, 2.75) is 58.6 Å². The first-order valence-electron chi connectivity index (χ1n) is 8.06. The lowest BCUT2D eigenvalue weighted by atomic mass is 10.1. The lowest BCUT2D eigenvalue weighted by molar-refractivity contribution is -0.121. The molecule has 0 fully saturated rings. The molecule has 2 amide bonds. The number of aryl methyl sites for hydroxylation is 1. The van der Waals surface area contributed by atoms with Crippen LogP contribution in [0.3, 0.4) is 0 Å². The Hall–Kier alpha value is -2.04. The standard InChI is InChI=1S/C18H28N2O3/c1-14(10-11-15-8-6-5-7-9-15)20-16(21)12-13-19-17(22)23-18(2,3)4/h5-9,14H,10-13H2,1-4H3,(H,19,22)(H,20,21). The molecule has 0 aliphatic rings. The quantitative estimate of drug-likeness (QED) is 0.811. The molecule has 1 rings (SSSR count). The Bertz CT molecular complexity index is 495. The van der Waals surface area contributed by atoms with Gasteiger partial charge in [0.05, 0.1) is 0 Å². The summed E-state index contributed by atoms with van der Waals surface area (Å²) in [5.41, 5.74) is 0.735. The molecular formula is C18H28N2O3. The molecule has 0 bridgehead atoms. The summed E-state index contributed by atoms with van der Waals surface area (Å²) < 4.78 is 5.11. The number of ether oxygens (including phenoxy) is 1. The fourth-order valence-corrected chi connectivity index (χ4v) is 2.04. The first kappa shape index (κ1) is 19.0. The molecule has 5 nitrogen and oxygen atoms in total. The first-order chi connectivity index (χ1) is 10.8. The molecule has 2 N–H and O–H groups in total. The van der Waals surface area contributed by atoms with Crippen molar-refractivity contribution in [1.82, 2.24) is 10.6 Å². The van der Waals surface area contributed by atoms with Crippen LogP contribution in [0.2, 0.25) is 0 Å². The Labute approximate surface area is 138 Å². The van der Waals surface area contributed by atoms with Crippen LogP contribution in [0.1, 0.15) is 46.1 Å². The number of amides is 2. The molecule has 1 atom stereocenters. The SMILES string of the molecule is CC(CCc1ccccc1)NC(=O)CCNC(=O)OC(C)(C)C. The van der Waals surface area contributed by atoms with E-state index in [-0.39, 0.29) is 24.9 Å². The number of alkyl carbamates (subject to hydrolysis) is 1. The van der Waals surface area contributed by atoms with E-state index in [2.05, 4.69) is 22.8 Å². The predicted octanol–water partition coefficient (Wildman–Crippen LogP) is 3.04. The van der Waals surface area contributed by atoms with Gasteiger partial charge in [0, 0.05) is 19.0 Å². The Morgan fingerprint density at radius 2 is 1.83 bits per heavy atom.